The quantitative estimate of drug-likeness (QED) is 0.652. The van der Waals surface area contributed by atoms with Crippen LogP contribution in [0.25, 0.3) is 10.8 Å². The first-order chi connectivity index (χ1) is 9.79. The number of aromatic hydroxyl groups is 1. The van der Waals surface area contributed by atoms with Gasteiger partial charge in [0.1, 0.15) is 5.75 Å². The van der Waals surface area contributed by atoms with Crippen LogP contribution in [0.2, 0.25) is 0 Å². The molecule has 0 spiro atoms. The van der Waals surface area contributed by atoms with Gasteiger partial charge in [0.15, 0.2) is 0 Å². The first kappa shape index (κ1) is 15.0. The summed E-state index contributed by atoms with van der Waals surface area (Å²) in [4.78, 5) is 12.2. The number of hydrogen-bond acceptors (Lipinski definition) is 3. The molecule has 0 aliphatic rings. The maximum atomic E-state index is 12.2. The van der Waals surface area contributed by atoms with Crippen molar-refractivity contribution in [3.63, 3.8) is 0 Å². The van der Waals surface area contributed by atoms with E-state index < -0.39 is 5.91 Å². The molecule has 0 aliphatic carbocycles. The fourth-order valence-electron chi connectivity index (χ4n) is 1.77. The van der Waals surface area contributed by atoms with Gasteiger partial charge >= 0.3 is 0 Å². The van der Waals surface area contributed by atoms with Gasteiger partial charge in [-0.25, -0.2) is 5.43 Å². The highest BCUT2D eigenvalue weighted by atomic mass is 16.3. The molecule has 2 rings (SSSR count). The van der Waals surface area contributed by atoms with Crippen molar-refractivity contribution in [2.24, 2.45) is 10.5 Å². The highest BCUT2D eigenvalue weighted by Gasteiger charge is 2.16. The number of phenolic OH excluding ortho intramolecular Hbond substituents is 1. The Morgan fingerprint density at radius 1 is 1.14 bits per heavy atom. The Bertz CT molecular complexity index is 712. The average Bonchev–Trinajstić information content (AvgIpc) is 2.42. The number of benzene rings is 2. The summed E-state index contributed by atoms with van der Waals surface area (Å²) in [5, 5.41) is 15.9. The van der Waals surface area contributed by atoms with Gasteiger partial charge in [0.2, 0.25) is 0 Å². The van der Waals surface area contributed by atoms with Gasteiger partial charge in [-0.15, -0.1) is 0 Å². The molecule has 1 amide bonds. The van der Waals surface area contributed by atoms with E-state index in [9.17, 15) is 9.90 Å². The molecule has 0 aliphatic heterocycles. The van der Waals surface area contributed by atoms with E-state index in [0.717, 1.165) is 16.5 Å². The van der Waals surface area contributed by atoms with Gasteiger partial charge in [-0.1, -0.05) is 45.0 Å². The zero-order chi connectivity index (χ0) is 15.6. The normalized spacial score (nSPS) is 12.5. The zero-order valence-electron chi connectivity index (χ0n) is 12.8. The molecule has 0 bridgehead atoms. The number of rotatable bonds is 2. The third-order valence-electron chi connectivity index (χ3n) is 3.52. The van der Waals surface area contributed by atoms with E-state index in [1.807, 2.05) is 52.0 Å². The molecule has 0 saturated heterocycles. The second-order valence-electron chi connectivity index (χ2n) is 6.10. The summed E-state index contributed by atoms with van der Waals surface area (Å²) in [5.74, 6) is -0.461. The van der Waals surface area contributed by atoms with Crippen molar-refractivity contribution in [1.82, 2.24) is 5.43 Å². The number of amides is 1. The van der Waals surface area contributed by atoms with Crippen molar-refractivity contribution >= 4 is 22.4 Å². The van der Waals surface area contributed by atoms with Crippen LogP contribution in [0.4, 0.5) is 0 Å². The molecule has 0 atom stereocenters. The number of carbonyl (C=O) groups is 1. The molecular formula is C17H20N2O2. The Balaban J connectivity index is 2.30. The van der Waals surface area contributed by atoms with Crippen LogP contribution in [-0.2, 0) is 0 Å². The van der Waals surface area contributed by atoms with Crippen LogP contribution in [0.15, 0.2) is 41.5 Å². The summed E-state index contributed by atoms with van der Waals surface area (Å²) in [7, 11) is 0. The first-order valence-electron chi connectivity index (χ1n) is 6.86. The zero-order valence-corrected chi connectivity index (χ0v) is 12.8. The van der Waals surface area contributed by atoms with Gasteiger partial charge in [0.25, 0.3) is 5.91 Å². The van der Waals surface area contributed by atoms with E-state index in [2.05, 4.69) is 10.5 Å². The van der Waals surface area contributed by atoms with Crippen LogP contribution in [0, 0.1) is 5.41 Å². The molecule has 2 aromatic rings. The predicted molar refractivity (Wildman–Crippen MR) is 85.6 cm³/mol. The molecule has 110 valence electrons. The number of nitrogens with zero attached hydrogens (tertiary/aromatic N) is 1. The summed E-state index contributed by atoms with van der Waals surface area (Å²) in [6.07, 6.45) is 0. The standard InChI is InChI=1S/C17H20N2O2/c1-11(17(2,3)4)18-19-16(21)14-9-12-7-5-6-8-13(12)10-15(14)20/h5-10,20H,1-4H3,(H,19,21). The van der Waals surface area contributed by atoms with E-state index in [0.29, 0.717) is 0 Å². The number of phenols is 1. The van der Waals surface area contributed by atoms with E-state index in [1.165, 1.54) is 0 Å². The molecule has 0 saturated carbocycles. The van der Waals surface area contributed by atoms with E-state index in [1.54, 1.807) is 12.1 Å². The Kier molecular flexibility index (Phi) is 3.98. The molecular weight excluding hydrogens is 264 g/mol. The second kappa shape index (κ2) is 5.56. The van der Waals surface area contributed by atoms with Crippen molar-refractivity contribution in [2.45, 2.75) is 27.7 Å². The molecule has 0 heterocycles. The highest BCUT2D eigenvalue weighted by molar-refractivity contribution is 6.02. The summed E-state index contributed by atoms with van der Waals surface area (Å²) >= 11 is 0. The SMILES string of the molecule is CC(=NNC(=O)c1cc2ccccc2cc1O)C(C)(C)C. The van der Waals surface area contributed by atoms with Crippen LogP contribution in [-0.4, -0.2) is 16.7 Å². The molecule has 0 aromatic heterocycles. The summed E-state index contributed by atoms with van der Waals surface area (Å²) in [5.41, 5.74) is 3.42. The van der Waals surface area contributed by atoms with Crippen molar-refractivity contribution in [2.75, 3.05) is 0 Å². The monoisotopic (exact) mass is 284 g/mol. The minimum absolute atomic E-state index is 0.0465. The van der Waals surface area contributed by atoms with Crippen LogP contribution in [0.5, 0.6) is 5.75 Å². The lowest BCUT2D eigenvalue weighted by molar-refractivity contribution is 0.0952. The molecule has 0 fully saturated rings. The second-order valence-corrected chi connectivity index (χ2v) is 6.10. The van der Waals surface area contributed by atoms with Crippen molar-refractivity contribution in [3.8, 4) is 5.75 Å². The van der Waals surface area contributed by atoms with Crippen LogP contribution < -0.4 is 5.43 Å². The van der Waals surface area contributed by atoms with Gasteiger partial charge < -0.3 is 5.11 Å². The topological polar surface area (TPSA) is 61.7 Å². The molecule has 4 nitrogen and oxygen atoms in total. The Morgan fingerprint density at radius 3 is 2.29 bits per heavy atom. The summed E-state index contributed by atoms with van der Waals surface area (Å²) in [6.45, 7) is 7.92. The highest BCUT2D eigenvalue weighted by Crippen LogP contribution is 2.25. The Morgan fingerprint density at radius 2 is 1.71 bits per heavy atom. The fraction of sp³-hybridized carbons (Fsp3) is 0.294. The van der Waals surface area contributed by atoms with Gasteiger partial charge in [-0.3, -0.25) is 4.79 Å². The van der Waals surface area contributed by atoms with Crippen LogP contribution in [0.1, 0.15) is 38.1 Å². The maximum Gasteiger partial charge on any atom is 0.275 e. The molecule has 2 aromatic carbocycles. The van der Waals surface area contributed by atoms with Gasteiger partial charge in [0, 0.05) is 11.1 Å². The van der Waals surface area contributed by atoms with Crippen LogP contribution in [0.3, 0.4) is 0 Å². The molecule has 4 heteroatoms. The number of carbonyl (C=O) groups excluding carboxylic acids is 1. The Labute approximate surface area is 124 Å². The third-order valence-corrected chi connectivity index (χ3v) is 3.52. The first-order valence-corrected chi connectivity index (χ1v) is 6.86. The number of fused-ring (bicyclic) bond motifs is 1. The van der Waals surface area contributed by atoms with Crippen LogP contribution >= 0.6 is 0 Å². The van der Waals surface area contributed by atoms with Gasteiger partial charge in [-0.2, -0.15) is 5.10 Å². The third kappa shape index (κ3) is 3.40. The minimum atomic E-state index is -0.415. The van der Waals surface area contributed by atoms with Crippen molar-refractivity contribution in [1.29, 1.82) is 0 Å². The lowest BCUT2D eigenvalue weighted by Gasteiger charge is -2.17. The summed E-state index contributed by atoms with van der Waals surface area (Å²) in [6, 6.07) is 10.8. The number of nitrogens with one attached hydrogen (secondary N) is 1. The fourth-order valence-corrected chi connectivity index (χ4v) is 1.77. The smallest absolute Gasteiger partial charge is 0.275 e. The van der Waals surface area contributed by atoms with Gasteiger partial charge in [-0.05, 0) is 29.8 Å². The molecule has 21 heavy (non-hydrogen) atoms. The van der Waals surface area contributed by atoms with E-state index in [-0.39, 0.29) is 16.7 Å². The minimum Gasteiger partial charge on any atom is -0.507 e. The molecule has 0 radical (unpaired) electrons. The van der Waals surface area contributed by atoms with E-state index >= 15 is 0 Å². The van der Waals surface area contributed by atoms with Crippen molar-refractivity contribution < 1.29 is 9.90 Å². The maximum absolute atomic E-state index is 12.2. The summed E-state index contributed by atoms with van der Waals surface area (Å²) < 4.78 is 0. The number of hydrogen-bond donors (Lipinski definition) is 2. The number of hydrazone groups is 1. The van der Waals surface area contributed by atoms with Gasteiger partial charge in [0.05, 0.1) is 5.56 Å². The van der Waals surface area contributed by atoms with E-state index in [4.69, 9.17) is 0 Å². The molecule has 0 unspecified atom stereocenters. The average molecular weight is 284 g/mol. The lowest BCUT2D eigenvalue weighted by Crippen LogP contribution is -2.24. The molecule has 2 N–H and O–H groups in total. The van der Waals surface area contributed by atoms with Crippen molar-refractivity contribution in [3.05, 3.63) is 42.0 Å². The predicted octanol–water partition coefficient (Wildman–Crippen LogP) is 3.70. The Hall–Kier alpha value is -2.36. The lowest BCUT2D eigenvalue weighted by atomic mass is 9.91. The largest absolute Gasteiger partial charge is 0.507 e.